The average Bonchev–Trinajstić information content (AvgIpc) is 3.91. The van der Waals surface area contributed by atoms with Crippen molar-refractivity contribution in [2.45, 2.75) is 114 Å². The molecular formula is C58H59NO2. The summed E-state index contributed by atoms with van der Waals surface area (Å²) in [7, 11) is 0. The number of hydrogen-bond acceptors (Lipinski definition) is 3. The van der Waals surface area contributed by atoms with E-state index in [1.807, 2.05) is 0 Å². The predicted molar refractivity (Wildman–Crippen MR) is 249 cm³/mol. The summed E-state index contributed by atoms with van der Waals surface area (Å²) in [5.41, 5.74) is 17.6. The van der Waals surface area contributed by atoms with Gasteiger partial charge in [-0.3, -0.25) is 0 Å². The third-order valence-corrected chi connectivity index (χ3v) is 15.6. The minimum absolute atomic E-state index is 0.00225. The van der Waals surface area contributed by atoms with Crippen molar-refractivity contribution in [3.8, 4) is 0 Å². The van der Waals surface area contributed by atoms with Gasteiger partial charge in [0.05, 0.1) is 12.1 Å². The highest BCUT2D eigenvalue weighted by molar-refractivity contribution is 5.54. The van der Waals surface area contributed by atoms with Crippen molar-refractivity contribution in [1.82, 2.24) is 4.90 Å². The van der Waals surface area contributed by atoms with E-state index in [0.717, 1.165) is 70.6 Å². The standard InChI is InChI=1S/C58H59NO2/c1-3-11-38(12-4-1)45-27-34-56-53(36-45)51-19-10-20-54(58(51)61-56)59(47-29-23-40(24-30-47)44-22-21-39-13-7-8-16-43(39)35-44)48-31-25-41(26-32-48)46-28-33-55-52(37-46)50-18-9-17-49(57(50)60-55)42-14-5-2-6-15-42/h2-3,5-7,10-14,17,19-20,23,25,27,29,31-32,34-37,41-42,52-56,58H,1,4,8-9,15-16,18,21-22,24,26,28,30,33H2. The van der Waals surface area contributed by atoms with Gasteiger partial charge in [-0.05, 0) is 152 Å². The maximum absolute atomic E-state index is 7.11. The molecule has 61 heavy (non-hydrogen) atoms. The maximum atomic E-state index is 7.11. The minimum Gasteiger partial charge on any atom is -0.489 e. The lowest BCUT2D eigenvalue weighted by Gasteiger charge is -2.41. The molecule has 0 aromatic heterocycles. The van der Waals surface area contributed by atoms with Gasteiger partial charge in [0, 0.05) is 35.1 Å². The van der Waals surface area contributed by atoms with E-state index in [0.29, 0.717) is 23.9 Å². The topological polar surface area (TPSA) is 21.7 Å². The SMILES string of the molecule is C1=CCC(C2=CCCC3=C2OC2CCC(C4C=CC(N(C5=CC=C(C6=CC7=C(C=CCC7)CC6)CC5)C5C=CC=C6C7C=C(C8=CCCC=C8)C=CC7OC65)=CC4)=CC32)C=C1. The zero-order chi connectivity index (χ0) is 40.3. The molecule has 1 saturated heterocycles. The summed E-state index contributed by atoms with van der Waals surface area (Å²) in [4.78, 5) is 2.67. The summed E-state index contributed by atoms with van der Waals surface area (Å²) in [6, 6.07) is 0.0904. The number of nitrogens with zero attached hydrogens (tertiary/aromatic N) is 1. The molecule has 0 radical (unpaired) electrons. The lowest BCUT2D eigenvalue weighted by atomic mass is 9.75. The second-order valence-electron chi connectivity index (χ2n) is 19.1. The molecule has 0 bridgehead atoms. The average molecular weight is 802 g/mol. The summed E-state index contributed by atoms with van der Waals surface area (Å²) in [5.74, 6) is 2.79. The molecule has 0 amide bonds. The van der Waals surface area contributed by atoms with Crippen molar-refractivity contribution in [1.29, 1.82) is 0 Å². The Balaban J connectivity index is 0.832. The Labute approximate surface area is 363 Å². The van der Waals surface area contributed by atoms with Crippen LogP contribution in [0, 0.1) is 23.7 Å². The molecule has 12 aliphatic rings. The van der Waals surface area contributed by atoms with Crippen molar-refractivity contribution >= 4 is 0 Å². The molecule has 2 aliphatic heterocycles. The third-order valence-electron chi connectivity index (χ3n) is 15.6. The van der Waals surface area contributed by atoms with Gasteiger partial charge in [0.15, 0.2) is 0 Å². The molecule has 8 atom stereocenters. The molecule has 10 aliphatic carbocycles. The lowest BCUT2D eigenvalue weighted by molar-refractivity contribution is 0.0395. The first-order chi connectivity index (χ1) is 30.2. The van der Waals surface area contributed by atoms with Crippen LogP contribution in [-0.2, 0) is 9.47 Å². The van der Waals surface area contributed by atoms with E-state index < -0.39 is 0 Å². The van der Waals surface area contributed by atoms with Crippen molar-refractivity contribution in [2.24, 2.45) is 23.7 Å². The Kier molecular flexibility index (Phi) is 9.85. The Bertz CT molecular complexity index is 2480. The predicted octanol–water partition coefficient (Wildman–Crippen LogP) is 13.6. The monoisotopic (exact) mass is 801 g/mol. The molecule has 12 rings (SSSR count). The summed E-state index contributed by atoms with van der Waals surface area (Å²) >= 11 is 0. The zero-order valence-corrected chi connectivity index (χ0v) is 35.6. The van der Waals surface area contributed by atoms with Gasteiger partial charge in [0.1, 0.15) is 18.0 Å². The highest BCUT2D eigenvalue weighted by Crippen LogP contribution is 2.50. The zero-order valence-electron chi connectivity index (χ0n) is 35.6. The maximum Gasteiger partial charge on any atom is 0.123 e. The molecule has 308 valence electrons. The van der Waals surface area contributed by atoms with E-state index in [1.54, 1.807) is 27.9 Å². The van der Waals surface area contributed by atoms with Gasteiger partial charge >= 0.3 is 0 Å². The molecule has 1 fully saturated rings. The van der Waals surface area contributed by atoms with Crippen LogP contribution in [0.1, 0.15) is 89.9 Å². The summed E-state index contributed by atoms with van der Waals surface area (Å²) < 4.78 is 14.0. The lowest BCUT2D eigenvalue weighted by Crippen LogP contribution is -2.43. The Morgan fingerprint density at radius 3 is 2.44 bits per heavy atom. The Hall–Kier alpha value is -5.12. The van der Waals surface area contributed by atoms with Gasteiger partial charge in [0.25, 0.3) is 0 Å². The number of allylic oxidation sites excluding steroid dienone is 28. The van der Waals surface area contributed by atoms with Gasteiger partial charge in [0.2, 0.25) is 0 Å². The highest BCUT2D eigenvalue weighted by Gasteiger charge is 2.46. The number of rotatable bonds is 7. The molecule has 0 saturated carbocycles. The largest absolute Gasteiger partial charge is 0.489 e. The molecule has 0 aromatic carbocycles. The number of fused-ring (bicyclic) bond motifs is 5. The first-order valence-corrected chi connectivity index (χ1v) is 23.8. The van der Waals surface area contributed by atoms with Crippen LogP contribution in [0.15, 0.2) is 213 Å². The van der Waals surface area contributed by atoms with Gasteiger partial charge in [-0.2, -0.15) is 0 Å². The minimum atomic E-state index is -0.00225. The van der Waals surface area contributed by atoms with E-state index in [-0.39, 0.29) is 24.2 Å². The molecule has 8 unspecified atom stereocenters. The smallest absolute Gasteiger partial charge is 0.123 e. The van der Waals surface area contributed by atoms with Gasteiger partial charge in [-0.25, -0.2) is 0 Å². The van der Waals surface area contributed by atoms with E-state index in [2.05, 4.69) is 145 Å². The Morgan fingerprint density at radius 2 is 1.57 bits per heavy atom. The molecule has 0 aromatic rings. The van der Waals surface area contributed by atoms with Crippen LogP contribution in [0.3, 0.4) is 0 Å². The third kappa shape index (κ3) is 6.92. The fraction of sp³-hybridized carbons (Fsp3) is 0.379. The molecule has 3 heteroatoms. The molecule has 2 heterocycles. The van der Waals surface area contributed by atoms with Gasteiger partial charge < -0.3 is 14.4 Å². The fourth-order valence-electron chi connectivity index (χ4n) is 12.4. The van der Waals surface area contributed by atoms with E-state index >= 15 is 0 Å². The summed E-state index contributed by atoms with van der Waals surface area (Å²) in [6.45, 7) is 0. The van der Waals surface area contributed by atoms with Crippen molar-refractivity contribution in [2.75, 3.05) is 0 Å². The van der Waals surface area contributed by atoms with Crippen molar-refractivity contribution < 1.29 is 9.47 Å². The van der Waals surface area contributed by atoms with Crippen molar-refractivity contribution in [3.05, 3.63) is 213 Å². The van der Waals surface area contributed by atoms with E-state index in [1.165, 1.54) is 64.3 Å². The highest BCUT2D eigenvalue weighted by atomic mass is 16.5. The van der Waals surface area contributed by atoms with Crippen molar-refractivity contribution in [3.63, 3.8) is 0 Å². The van der Waals surface area contributed by atoms with E-state index in [9.17, 15) is 0 Å². The quantitative estimate of drug-likeness (QED) is 0.239. The second-order valence-corrected chi connectivity index (χ2v) is 19.1. The number of ether oxygens (including phenoxy) is 2. The van der Waals surface area contributed by atoms with Crippen LogP contribution in [-0.4, -0.2) is 29.3 Å². The van der Waals surface area contributed by atoms with Crippen LogP contribution >= 0.6 is 0 Å². The number of hydrogen-bond donors (Lipinski definition) is 0. The van der Waals surface area contributed by atoms with Crippen LogP contribution < -0.4 is 0 Å². The molecule has 0 N–H and O–H groups in total. The van der Waals surface area contributed by atoms with Gasteiger partial charge in [-0.1, -0.05) is 133 Å². The van der Waals surface area contributed by atoms with Crippen LogP contribution in [0.4, 0.5) is 0 Å². The second kappa shape index (κ2) is 16.0. The molecular weight excluding hydrogens is 743 g/mol. The van der Waals surface area contributed by atoms with Crippen LogP contribution in [0.2, 0.25) is 0 Å². The van der Waals surface area contributed by atoms with Gasteiger partial charge in [-0.15, -0.1) is 0 Å². The Morgan fingerprint density at radius 1 is 0.607 bits per heavy atom. The fourth-order valence-corrected chi connectivity index (χ4v) is 12.4. The molecule has 3 nitrogen and oxygen atoms in total. The van der Waals surface area contributed by atoms with Crippen LogP contribution in [0.25, 0.3) is 0 Å². The van der Waals surface area contributed by atoms with E-state index in [4.69, 9.17) is 9.47 Å². The molecule has 0 spiro atoms. The first kappa shape index (κ1) is 37.6. The summed E-state index contributed by atoms with van der Waals surface area (Å²) in [6.07, 6.45) is 71.2. The van der Waals surface area contributed by atoms with Crippen LogP contribution in [0.5, 0.6) is 0 Å². The normalized spacial score (nSPS) is 34.3. The first-order valence-electron chi connectivity index (χ1n) is 23.8. The summed E-state index contributed by atoms with van der Waals surface area (Å²) in [5, 5.41) is 0.